The second kappa shape index (κ2) is 3.94. The molecule has 0 saturated carbocycles. The Labute approximate surface area is 89.5 Å². The lowest BCUT2D eigenvalue weighted by Gasteiger charge is -2.01. The SMILES string of the molecule is CCOC(=O)c1cc2sccc2c(F)n1. The maximum absolute atomic E-state index is 13.4. The lowest BCUT2D eigenvalue weighted by atomic mass is 10.3. The number of pyridine rings is 1. The molecule has 0 aliphatic carbocycles. The van der Waals surface area contributed by atoms with Gasteiger partial charge in [0.15, 0.2) is 5.69 Å². The molecule has 0 aromatic carbocycles. The van der Waals surface area contributed by atoms with Gasteiger partial charge in [0.05, 0.1) is 6.61 Å². The highest BCUT2D eigenvalue weighted by Gasteiger charge is 2.13. The molecule has 2 heterocycles. The summed E-state index contributed by atoms with van der Waals surface area (Å²) in [4.78, 5) is 14.9. The number of ether oxygens (including phenoxy) is 1. The van der Waals surface area contributed by atoms with Crippen LogP contribution < -0.4 is 0 Å². The van der Waals surface area contributed by atoms with Gasteiger partial charge in [0.25, 0.3) is 0 Å². The van der Waals surface area contributed by atoms with E-state index in [1.165, 1.54) is 11.3 Å². The molecule has 0 aliphatic heterocycles. The van der Waals surface area contributed by atoms with Crippen LogP contribution in [0.4, 0.5) is 4.39 Å². The van der Waals surface area contributed by atoms with Gasteiger partial charge in [-0.3, -0.25) is 0 Å². The molecule has 0 spiro atoms. The summed E-state index contributed by atoms with van der Waals surface area (Å²) in [5.74, 6) is -1.22. The number of carbonyl (C=O) groups excluding carboxylic acids is 1. The molecule has 5 heteroatoms. The summed E-state index contributed by atoms with van der Waals surface area (Å²) in [6.07, 6.45) is 0. The van der Waals surface area contributed by atoms with Crippen molar-refractivity contribution in [3.05, 3.63) is 29.2 Å². The van der Waals surface area contributed by atoms with Gasteiger partial charge in [0, 0.05) is 10.1 Å². The summed E-state index contributed by atoms with van der Waals surface area (Å²) < 4.78 is 18.8. The van der Waals surface area contributed by atoms with Crippen molar-refractivity contribution in [1.82, 2.24) is 4.98 Å². The maximum Gasteiger partial charge on any atom is 0.357 e. The van der Waals surface area contributed by atoms with E-state index in [1.54, 1.807) is 24.4 Å². The minimum Gasteiger partial charge on any atom is -0.461 e. The molecule has 15 heavy (non-hydrogen) atoms. The number of hydrogen-bond acceptors (Lipinski definition) is 4. The van der Waals surface area contributed by atoms with Gasteiger partial charge in [-0.15, -0.1) is 11.3 Å². The van der Waals surface area contributed by atoms with Crippen molar-refractivity contribution < 1.29 is 13.9 Å². The fourth-order valence-electron chi connectivity index (χ4n) is 1.24. The third-order valence-corrected chi connectivity index (χ3v) is 2.75. The molecule has 0 N–H and O–H groups in total. The predicted molar refractivity (Wildman–Crippen MR) is 55.5 cm³/mol. The van der Waals surface area contributed by atoms with Gasteiger partial charge in [0.1, 0.15) is 0 Å². The number of fused-ring (bicyclic) bond motifs is 1. The van der Waals surface area contributed by atoms with E-state index in [-0.39, 0.29) is 12.3 Å². The molecule has 0 bridgehead atoms. The van der Waals surface area contributed by atoms with Gasteiger partial charge < -0.3 is 4.74 Å². The first kappa shape index (κ1) is 10.0. The third-order valence-electron chi connectivity index (χ3n) is 1.89. The molecule has 0 aliphatic rings. The first-order valence-corrected chi connectivity index (χ1v) is 5.31. The number of rotatable bonds is 2. The van der Waals surface area contributed by atoms with Crippen molar-refractivity contribution in [3.63, 3.8) is 0 Å². The molecule has 0 saturated heterocycles. The van der Waals surface area contributed by atoms with Crippen molar-refractivity contribution in [1.29, 1.82) is 0 Å². The first-order valence-electron chi connectivity index (χ1n) is 4.43. The Morgan fingerprint density at radius 1 is 1.67 bits per heavy atom. The monoisotopic (exact) mass is 225 g/mol. The molecular weight excluding hydrogens is 217 g/mol. The minimum atomic E-state index is -0.628. The van der Waals surface area contributed by atoms with E-state index in [4.69, 9.17) is 4.74 Å². The second-order valence-electron chi connectivity index (χ2n) is 2.85. The van der Waals surface area contributed by atoms with Crippen LogP contribution in [-0.2, 0) is 4.74 Å². The molecule has 0 unspecified atom stereocenters. The summed E-state index contributed by atoms with van der Waals surface area (Å²) >= 11 is 1.36. The summed E-state index contributed by atoms with van der Waals surface area (Å²) in [6, 6.07) is 3.18. The van der Waals surface area contributed by atoms with Crippen LogP contribution >= 0.6 is 11.3 Å². The Morgan fingerprint density at radius 3 is 3.20 bits per heavy atom. The van der Waals surface area contributed by atoms with Crippen molar-refractivity contribution in [3.8, 4) is 0 Å². The number of halogens is 1. The zero-order valence-corrected chi connectivity index (χ0v) is 8.81. The Morgan fingerprint density at radius 2 is 2.47 bits per heavy atom. The van der Waals surface area contributed by atoms with Gasteiger partial charge >= 0.3 is 5.97 Å². The van der Waals surface area contributed by atoms with E-state index in [9.17, 15) is 9.18 Å². The highest BCUT2D eigenvalue weighted by molar-refractivity contribution is 7.17. The summed E-state index contributed by atoms with van der Waals surface area (Å²) in [5, 5.41) is 2.19. The van der Waals surface area contributed by atoms with Crippen molar-refractivity contribution in [2.45, 2.75) is 6.92 Å². The summed E-state index contributed by atoms with van der Waals surface area (Å²) in [5.41, 5.74) is 0.0179. The van der Waals surface area contributed by atoms with Gasteiger partial charge in [-0.05, 0) is 24.4 Å². The maximum atomic E-state index is 13.4. The molecular formula is C10H8FNO2S. The average Bonchev–Trinajstić information content (AvgIpc) is 2.66. The van der Waals surface area contributed by atoms with Crippen LogP contribution in [0.15, 0.2) is 17.5 Å². The zero-order valence-electron chi connectivity index (χ0n) is 7.99. The van der Waals surface area contributed by atoms with Gasteiger partial charge in [-0.25, -0.2) is 9.78 Å². The van der Waals surface area contributed by atoms with E-state index < -0.39 is 11.9 Å². The molecule has 2 rings (SSSR count). The van der Waals surface area contributed by atoms with Gasteiger partial charge in [0.2, 0.25) is 5.95 Å². The largest absolute Gasteiger partial charge is 0.461 e. The highest BCUT2D eigenvalue weighted by atomic mass is 32.1. The predicted octanol–water partition coefficient (Wildman–Crippen LogP) is 2.61. The van der Waals surface area contributed by atoms with E-state index in [0.717, 1.165) is 0 Å². The van der Waals surface area contributed by atoms with E-state index in [1.807, 2.05) is 0 Å². The molecule has 0 radical (unpaired) electrons. The Bertz CT molecular complexity index is 509. The van der Waals surface area contributed by atoms with Crippen LogP contribution in [0, 0.1) is 5.95 Å². The van der Waals surface area contributed by atoms with Gasteiger partial charge in [-0.1, -0.05) is 0 Å². The molecule has 3 nitrogen and oxygen atoms in total. The molecule has 0 amide bonds. The highest BCUT2D eigenvalue weighted by Crippen LogP contribution is 2.23. The van der Waals surface area contributed by atoms with E-state index in [0.29, 0.717) is 10.1 Å². The Kier molecular flexibility index (Phi) is 2.64. The third kappa shape index (κ3) is 1.83. The van der Waals surface area contributed by atoms with Gasteiger partial charge in [-0.2, -0.15) is 4.39 Å². The fourth-order valence-corrected chi connectivity index (χ4v) is 2.04. The number of hydrogen-bond donors (Lipinski definition) is 0. The normalized spacial score (nSPS) is 10.5. The number of carbonyl (C=O) groups is 1. The average molecular weight is 225 g/mol. The molecule has 0 fully saturated rings. The second-order valence-corrected chi connectivity index (χ2v) is 3.80. The lowest BCUT2D eigenvalue weighted by molar-refractivity contribution is 0.0518. The Hall–Kier alpha value is -1.49. The molecule has 78 valence electrons. The molecule has 2 aromatic rings. The summed E-state index contributed by atoms with van der Waals surface area (Å²) in [6.45, 7) is 1.95. The quantitative estimate of drug-likeness (QED) is 0.582. The van der Waals surface area contributed by atoms with Crippen LogP contribution in [0.2, 0.25) is 0 Å². The number of aromatic nitrogens is 1. The Balaban J connectivity index is 2.49. The van der Waals surface area contributed by atoms with Crippen LogP contribution in [-0.4, -0.2) is 17.6 Å². The van der Waals surface area contributed by atoms with Crippen molar-refractivity contribution >= 4 is 27.4 Å². The molecule has 0 atom stereocenters. The topological polar surface area (TPSA) is 39.2 Å². The lowest BCUT2D eigenvalue weighted by Crippen LogP contribution is -2.07. The standard InChI is InChI=1S/C10H8FNO2S/c1-2-14-10(13)7-5-8-6(3-4-15-8)9(11)12-7/h3-5H,2H2,1H3. The number of thiophene rings is 1. The minimum absolute atomic E-state index is 0.0179. The van der Waals surface area contributed by atoms with Crippen LogP contribution in [0.1, 0.15) is 17.4 Å². The van der Waals surface area contributed by atoms with Crippen LogP contribution in [0.25, 0.3) is 10.1 Å². The van der Waals surface area contributed by atoms with Crippen molar-refractivity contribution in [2.24, 2.45) is 0 Å². The van der Waals surface area contributed by atoms with E-state index in [2.05, 4.69) is 4.98 Å². The number of esters is 1. The number of nitrogens with zero attached hydrogens (tertiary/aromatic N) is 1. The first-order chi connectivity index (χ1) is 7.22. The van der Waals surface area contributed by atoms with Crippen LogP contribution in [0.5, 0.6) is 0 Å². The van der Waals surface area contributed by atoms with E-state index >= 15 is 0 Å². The smallest absolute Gasteiger partial charge is 0.357 e. The zero-order chi connectivity index (χ0) is 10.8. The fraction of sp³-hybridized carbons (Fsp3) is 0.200. The van der Waals surface area contributed by atoms with Crippen molar-refractivity contribution in [2.75, 3.05) is 6.61 Å². The molecule has 2 aromatic heterocycles. The summed E-state index contributed by atoms with van der Waals surface area (Å²) in [7, 11) is 0. The van der Waals surface area contributed by atoms with Crippen LogP contribution in [0.3, 0.4) is 0 Å².